The number of rotatable bonds is 3. The summed E-state index contributed by atoms with van der Waals surface area (Å²) < 4.78 is 1.80. The normalized spacial score (nSPS) is 11.3. The standard InChI is InChI=1S/C12H16N6/c1-2-18-9-8-11(17-18)15-12(16-13)14-10-6-4-3-5-7-10/h3-9H,2,13H2,1H3,(H2,14,15,16,17). The number of nitrogens with two attached hydrogens (primary N) is 1. The molecule has 0 aliphatic rings. The van der Waals surface area contributed by atoms with Gasteiger partial charge in [-0.05, 0) is 19.1 Å². The van der Waals surface area contributed by atoms with Gasteiger partial charge in [-0.25, -0.2) is 5.84 Å². The van der Waals surface area contributed by atoms with Crippen LogP contribution in [0.4, 0.5) is 11.5 Å². The summed E-state index contributed by atoms with van der Waals surface area (Å²) >= 11 is 0. The van der Waals surface area contributed by atoms with Crippen LogP contribution in [0.1, 0.15) is 6.92 Å². The van der Waals surface area contributed by atoms with Crippen LogP contribution in [0.15, 0.2) is 47.6 Å². The van der Waals surface area contributed by atoms with E-state index in [1.54, 1.807) is 4.68 Å². The maximum Gasteiger partial charge on any atom is 0.217 e. The topological polar surface area (TPSA) is 80.3 Å². The van der Waals surface area contributed by atoms with Gasteiger partial charge >= 0.3 is 0 Å². The Hall–Kier alpha value is -2.34. The molecule has 0 aliphatic carbocycles. The first-order valence-electron chi connectivity index (χ1n) is 5.72. The van der Waals surface area contributed by atoms with Crippen LogP contribution >= 0.6 is 0 Å². The summed E-state index contributed by atoms with van der Waals surface area (Å²) in [6.45, 7) is 2.83. The molecule has 0 bridgehead atoms. The van der Waals surface area contributed by atoms with Crippen molar-refractivity contribution in [3.8, 4) is 0 Å². The van der Waals surface area contributed by atoms with Crippen LogP contribution in [0.2, 0.25) is 0 Å². The molecule has 0 fully saturated rings. The van der Waals surface area contributed by atoms with Crippen molar-refractivity contribution in [1.82, 2.24) is 15.2 Å². The lowest BCUT2D eigenvalue weighted by Crippen LogP contribution is -2.35. The number of aryl methyl sites for hydroxylation is 1. The molecular formula is C12H16N6. The summed E-state index contributed by atoms with van der Waals surface area (Å²) in [5.41, 5.74) is 3.42. The fourth-order valence-electron chi connectivity index (χ4n) is 1.46. The first-order valence-corrected chi connectivity index (χ1v) is 5.72. The Kier molecular flexibility index (Phi) is 3.93. The largest absolute Gasteiger partial charge is 0.325 e. The van der Waals surface area contributed by atoms with E-state index in [0.717, 1.165) is 12.2 Å². The highest BCUT2D eigenvalue weighted by atomic mass is 15.4. The Bertz CT molecular complexity index is 516. The molecular weight excluding hydrogens is 228 g/mol. The van der Waals surface area contributed by atoms with Gasteiger partial charge in [-0.15, -0.1) is 0 Å². The average Bonchev–Trinajstić information content (AvgIpc) is 2.87. The van der Waals surface area contributed by atoms with E-state index in [9.17, 15) is 0 Å². The molecule has 0 saturated carbocycles. The van der Waals surface area contributed by atoms with E-state index in [1.807, 2.05) is 49.5 Å². The number of nitrogens with zero attached hydrogens (tertiary/aromatic N) is 3. The summed E-state index contributed by atoms with van der Waals surface area (Å²) in [5.74, 6) is 6.48. The van der Waals surface area contributed by atoms with Crippen LogP contribution in [0.5, 0.6) is 0 Å². The van der Waals surface area contributed by atoms with Crippen LogP contribution < -0.4 is 16.6 Å². The molecule has 6 heteroatoms. The third kappa shape index (κ3) is 3.08. The molecule has 94 valence electrons. The number of anilines is 1. The van der Waals surface area contributed by atoms with E-state index >= 15 is 0 Å². The molecule has 0 radical (unpaired) electrons. The second-order valence-electron chi connectivity index (χ2n) is 3.63. The molecule has 18 heavy (non-hydrogen) atoms. The molecule has 0 amide bonds. The lowest BCUT2D eigenvalue weighted by molar-refractivity contribution is 0.661. The Morgan fingerprint density at radius 3 is 2.72 bits per heavy atom. The molecule has 1 aromatic carbocycles. The van der Waals surface area contributed by atoms with E-state index in [-0.39, 0.29) is 0 Å². The van der Waals surface area contributed by atoms with E-state index < -0.39 is 0 Å². The molecule has 1 heterocycles. The van der Waals surface area contributed by atoms with Crippen molar-refractivity contribution in [2.75, 3.05) is 5.32 Å². The number of hydrogen-bond acceptors (Lipinski definition) is 3. The van der Waals surface area contributed by atoms with Crippen molar-refractivity contribution in [1.29, 1.82) is 0 Å². The van der Waals surface area contributed by atoms with E-state index in [2.05, 4.69) is 20.8 Å². The molecule has 0 aliphatic heterocycles. The van der Waals surface area contributed by atoms with Crippen molar-refractivity contribution in [3.63, 3.8) is 0 Å². The summed E-state index contributed by atoms with van der Waals surface area (Å²) in [5, 5.41) is 7.32. The van der Waals surface area contributed by atoms with Crippen LogP contribution in [0, 0.1) is 0 Å². The second kappa shape index (κ2) is 5.83. The zero-order valence-electron chi connectivity index (χ0n) is 10.2. The van der Waals surface area contributed by atoms with Gasteiger partial charge in [-0.3, -0.25) is 10.1 Å². The maximum absolute atomic E-state index is 5.43. The Morgan fingerprint density at radius 2 is 2.11 bits per heavy atom. The molecule has 4 N–H and O–H groups in total. The molecule has 0 spiro atoms. The number of aliphatic imine (C=N–C) groups is 1. The van der Waals surface area contributed by atoms with Gasteiger partial charge in [-0.2, -0.15) is 10.1 Å². The number of hydrogen-bond donors (Lipinski definition) is 3. The van der Waals surface area contributed by atoms with Gasteiger partial charge in [0.15, 0.2) is 5.82 Å². The fourth-order valence-corrected chi connectivity index (χ4v) is 1.46. The third-order valence-corrected chi connectivity index (χ3v) is 2.35. The van der Waals surface area contributed by atoms with Gasteiger partial charge in [0.1, 0.15) is 0 Å². The Morgan fingerprint density at radius 1 is 1.33 bits per heavy atom. The zero-order valence-corrected chi connectivity index (χ0v) is 10.2. The molecule has 0 saturated heterocycles. The van der Waals surface area contributed by atoms with Crippen molar-refractivity contribution in [2.24, 2.45) is 10.8 Å². The van der Waals surface area contributed by atoms with Gasteiger partial charge in [-0.1, -0.05) is 18.2 Å². The van der Waals surface area contributed by atoms with Gasteiger partial charge < -0.3 is 5.32 Å². The number of para-hydroxylation sites is 1. The smallest absolute Gasteiger partial charge is 0.217 e. The highest BCUT2D eigenvalue weighted by Crippen LogP contribution is 2.09. The number of nitrogens with one attached hydrogen (secondary N) is 2. The third-order valence-electron chi connectivity index (χ3n) is 2.35. The predicted molar refractivity (Wildman–Crippen MR) is 72.4 cm³/mol. The molecule has 1 aromatic heterocycles. The number of aromatic nitrogens is 2. The highest BCUT2D eigenvalue weighted by Gasteiger charge is 2.00. The van der Waals surface area contributed by atoms with E-state index in [4.69, 9.17) is 5.84 Å². The predicted octanol–water partition coefficient (Wildman–Crippen LogP) is 1.47. The quantitative estimate of drug-likeness (QED) is 0.330. The Labute approximate surface area is 105 Å². The maximum atomic E-state index is 5.43. The fraction of sp³-hybridized carbons (Fsp3) is 0.167. The first kappa shape index (κ1) is 12.1. The van der Waals surface area contributed by atoms with Crippen molar-refractivity contribution < 1.29 is 0 Å². The molecule has 2 aromatic rings. The van der Waals surface area contributed by atoms with Crippen LogP contribution in [-0.2, 0) is 6.54 Å². The number of guanidine groups is 1. The van der Waals surface area contributed by atoms with Gasteiger partial charge in [0.2, 0.25) is 5.96 Å². The molecule has 6 nitrogen and oxygen atoms in total. The minimum atomic E-state index is 0.447. The lowest BCUT2D eigenvalue weighted by atomic mass is 10.3. The van der Waals surface area contributed by atoms with Crippen molar-refractivity contribution in [2.45, 2.75) is 13.5 Å². The van der Waals surface area contributed by atoms with Crippen LogP contribution in [0.25, 0.3) is 0 Å². The van der Waals surface area contributed by atoms with Gasteiger partial charge in [0.25, 0.3) is 0 Å². The Balaban J connectivity index is 2.13. The van der Waals surface area contributed by atoms with Gasteiger partial charge in [0.05, 0.1) is 0 Å². The monoisotopic (exact) mass is 244 g/mol. The lowest BCUT2D eigenvalue weighted by Gasteiger charge is -2.07. The van der Waals surface area contributed by atoms with Crippen LogP contribution in [0.3, 0.4) is 0 Å². The highest BCUT2D eigenvalue weighted by molar-refractivity contribution is 5.94. The SMILES string of the molecule is CCn1ccc(N=C(NN)Nc2ccccc2)n1. The molecule has 2 rings (SSSR count). The molecule has 0 atom stereocenters. The van der Waals surface area contributed by atoms with Gasteiger partial charge in [0, 0.05) is 24.5 Å². The van der Waals surface area contributed by atoms with Crippen molar-refractivity contribution >= 4 is 17.5 Å². The second-order valence-corrected chi connectivity index (χ2v) is 3.63. The van der Waals surface area contributed by atoms with E-state index in [0.29, 0.717) is 11.8 Å². The zero-order chi connectivity index (χ0) is 12.8. The summed E-state index contributed by atoms with van der Waals surface area (Å²) in [6, 6.07) is 11.5. The summed E-state index contributed by atoms with van der Waals surface area (Å²) in [4.78, 5) is 4.28. The minimum absolute atomic E-state index is 0.447. The summed E-state index contributed by atoms with van der Waals surface area (Å²) in [7, 11) is 0. The van der Waals surface area contributed by atoms with Crippen molar-refractivity contribution in [3.05, 3.63) is 42.6 Å². The van der Waals surface area contributed by atoms with E-state index in [1.165, 1.54) is 0 Å². The first-order chi connectivity index (χ1) is 8.81. The summed E-state index contributed by atoms with van der Waals surface area (Å²) in [6.07, 6.45) is 1.87. The number of benzene rings is 1. The average molecular weight is 244 g/mol. The molecule has 0 unspecified atom stereocenters. The van der Waals surface area contributed by atoms with Crippen LogP contribution in [-0.4, -0.2) is 15.7 Å². The minimum Gasteiger partial charge on any atom is -0.325 e. The number of hydrazine groups is 1.